The van der Waals surface area contributed by atoms with Gasteiger partial charge in [-0.3, -0.25) is 0 Å². The summed E-state index contributed by atoms with van der Waals surface area (Å²) in [5.74, 6) is 0.943. The number of hydrogen-bond donors (Lipinski definition) is 3. The van der Waals surface area contributed by atoms with Crippen LogP contribution in [0.5, 0.6) is 0 Å². The second kappa shape index (κ2) is 9.64. The first-order valence-corrected chi connectivity index (χ1v) is 8.57. The van der Waals surface area contributed by atoms with Crippen LogP contribution in [0.4, 0.5) is 10.6 Å². The molecule has 0 aliphatic rings. The first-order chi connectivity index (χ1) is 12.2. The fraction of sp³-hybridized carbons (Fsp3) is 0.368. The van der Waals surface area contributed by atoms with Gasteiger partial charge in [-0.2, -0.15) is 0 Å². The Morgan fingerprint density at radius 3 is 2.32 bits per heavy atom. The first kappa shape index (κ1) is 18.7. The van der Waals surface area contributed by atoms with Crippen molar-refractivity contribution in [1.29, 1.82) is 0 Å². The molecule has 0 saturated carbocycles. The Morgan fingerprint density at radius 2 is 1.72 bits per heavy atom. The van der Waals surface area contributed by atoms with Gasteiger partial charge in [0.2, 0.25) is 0 Å². The van der Waals surface area contributed by atoms with Crippen LogP contribution in [0, 0.1) is 0 Å². The number of hydrogen-bond acceptors (Lipinski definition) is 4. The number of nitrogens with one attached hydrogen (secondary N) is 2. The molecular weight excluding hydrogens is 316 g/mol. The molecule has 6 heteroatoms. The smallest absolute Gasteiger partial charge is 0.315 e. The third-order valence-electron chi connectivity index (χ3n) is 4.08. The number of carbonyl (C=O) groups excluding carboxylic acids is 1. The molecule has 134 valence electrons. The predicted octanol–water partition coefficient (Wildman–Crippen LogP) is 2.42. The van der Waals surface area contributed by atoms with Crippen LogP contribution < -0.4 is 15.5 Å². The molecule has 6 nitrogen and oxygen atoms in total. The maximum absolute atomic E-state index is 11.9. The first-order valence-electron chi connectivity index (χ1n) is 8.57. The second-order valence-electron chi connectivity index (χ2n) is 5.66. The summed E-state index contributed by atoms with van der Waals surface area (Å²) in [5.41, 5.74) is 2.67. The Hall–Kier alpha value is -2.60. The van der Waals surface area contributed by atoms with E-state index in [2.05, 4.69) is 34.4 Å². The Morgan fingerprint density at radius 1 is 1.04 bits per heavy atom. The minimum absolute atomic E-state index is 0.0377. The van der Waals surface area contributed by atoms with Crippen molar-refractivity contribution in [3.05, 3.63) is 59.3 Å². The molecule has 0 aliphatic carbocycles. The quantitative estimate of drug-likeness (QED) is 0.688. The molecule has 2 rings (SSSR count). The third-order valence-corrected chi connectivity index (χ3v) is 4.08. The Kier molecular flexibility index (Phi) is 7.22. The minimum atomic E-state index is -0.249. The van der Waals surface area contributed by atoms with Crippen LogP contribution in [0.1, 0.15) is 30.5 Å². The van der Waals surface area contributed by atoms with E-state index in [1.807, 2.05) is 36.4 Å². The molecule has 0 unspecified atom stereocenters. The lowest BCUT2D eigenvalue weighted by atomic mass is 10.1. The summed E-state index contributed by atoms with van der Waals surface area (Å²) in [6.45, 7) is 6.78. The summed E-state index contributed by atoms with van der Waals surface area (Å²) in [7, 11) is 0. The van der Waals surface area contributed by atoms with Crippen LogP contribution in [-0.2, 0) is 19.7 Å². The van der Waals surface area contributed by atoms with Crippen LogP contribution in [0.3, 0.4) is 0 Å². The molecule has 2 aromatic rings. The number of aliphatic hydroxyl groups is 1. The molecule has 2 amide bonds. The van der Waals surface area contributed by atoms with Crippen LogP contribution >= 0.6 is 0 Å². The van der Waals surface area contributed by atoms with Crippen molar-refractivity contribution in [1.82, 2.24) is 15.6 Å². The van der Waals surface area contributed by atoms with Crippen molar-refractivity contribution < 1.29 is 9.90 Å². The molecule has 0 radical (unpaired) electrons. The molecule has 0 aliphatic heterocycles. The van der Waals surface area contributed by atoms with Gasteiger partial charge in [0.25, 0.3) is 0 Å². The summed E-state index contributed by atoms with van der Waals surface area (Å²) in [5, 5.41) is 14.9. The van der Waals surface area contributed by atoms with Gasteiger partial charge >= 0.3 is 6.03 Å². The number of aliphatic hydroxyl groups excluding tert-OH is 1. The van der Waals surface area contributed by atoms with E-state index >= 15 is 0 Å². The minimum Gasteiger partial charge on any atom is -0.392 e. The molecular formula is C19H26N4O2. The lowest BCUT2D eigenvalue weighted by molar-refractivity contribution is 0.239. The average Bonchev–Trinajstić information content (AvgIpc) is 2.66. The van der Waals surface area contributed by atoms with E-state index in [4.69, 9.17) is 0 Å². The van der Waals surface area contributed by atoms with Gasteiger partial charge < -0.3 is 20.6 Å². The van der Waals surface area contributed by atoms with Crippen LogP contribution in [0.2, 0.25) is 0 Å². The van der Waals surface area contributed by atoms with Crippen molar-refractivity contribution in [2.45, 2.75) is 33.5 Å². The maximum Gasteiger partial charge on any atom is 0.315 e. The number of benzene rings is 1. The van der Waals surface area contributed by atoms with E-state index in [0.717, 1.165) is 35.6 Å². The number of aromatic nitrogens is 1. The molecule has 0 spiro atoms. The zero-order chi connectivity index (χ0) is 18.1. The maximum atomic E-state index is 11.9. The van der Waals surface area contributed by atoms with Crippen molar-refractivity contribution in [2.75, 3.05) is 18.0 Å². The van der Waals surface area contributed by atoms with E-state index in [0.29, 0.717) is 13.1 Å². The Bertz CT molecular complexity index is 669. The highest BCUT2D eigenvalue weighted by Gasteiger charge is 2.06. The second-order valence-corrected chi connectivity index (χ2v) is 5.66. The number of carbonyl (C=O) groups is 1. The molecule has 0 saturated heterocycles. The van der Waals surface area contributed by atoms with Gasteiger partial charge in [0.1, 0.15) is 5.82 Å². The molecule has 1 aromatic heterocycles. The Balaban J connectivity index is 1.81. The van der Waals surface area contributed by atoms with Crippen molar-refractivity contribution in [3.63, 3.8) is 0 Å². The highest BCUT2D eigenvalue weighted by molar-refractivity contribution is 5.73. The summed E-state index contributed by atoms with van der Waals surface area (Å²) in [6, 6.07) is 11.2. The van der Waals surface area contributed by atoms with E-state index in [1.54, 1.807) is 6.20 Å². The van der Waals surface area contributed by atoms with Crippen LogP contribution in [0.25, 0.3) is 0 Å². The van der Waals surface area contributed by atoms with Gasteiger partial charge in [0.15, 0.2) is 0 Å². The van der Waals surface area contributed by atoms with Crippen LogP contribution in [-0.4, -0.2) is 29.2 Å². The van der Waals surface area contributed by atoms with Crippen molar-refractivity contribution in [3.8, 4) is 0 Å². The highest BCUT2D eigenvalue weighted by Crippen LogP contribution is 2.11. The summed E-state index contributed by atoms with van der Waals surface area (Å²) < 4.78 is 0. The van der Waals surface area contributed by atoms with Gasteiger partial charge in [-0.1, -0.05) is 30.3 Å². The molecule has 1 aromatic carbocycles. The highest BCUT2D eigenvalue weighted by atomic mass is 16.3. The molecule has 0 bridgehead atoms. The van der Waals surface area contributed by atoms with E-state index in [1.165, 1.54) is 0 Å². The monoisotopic (exact) mass is 342 g/mol. The molecule has 25 heavy (non-hydrogen) atoms. The summed E-state index contributed by atoms with van der Waals surface area (Å²) in [6.07, 6.45) is 1.79. The number of amides is 2. The van der Waals surface area contributed by atoms with Gasteiger partial charge in [0, 0.05) is 32.4 Å². The summed E-state index contributed by atoms with van der Waals surface area (Å²) >= 11 is 0. The topological polar surface area (TPSA) is 77.5 Å². The van der Waals surface area contributed by atoms with Gasteiger partial charge in [0.05, 0.1) is 6.61 Å². The van der Waals surface area contributed by atoms with Crippen molar-refractivity contribution >= 4 is 11.8 Å². The fourth-order valence-electron chi connectivity index (χ4n) is 2.56. The normalized spacial score (nSPS) is 10.4. The molecule has 3 N–H and O–H groups in total. The lowest BCUT2D eigenvalue weighted by Crippen LogP contribution is -2.34. The third kappa shape index (κ3) is 5.46. The number of anilines is 1. The van der Waals surface area contributed by atoms with Crippen LogP contribution in [0.15, 0.2) is 42.6 Å². The van der Waals surface area contributed by atoms with Gasteiger partial charge in [-0.15, -0.1) is 0 Å². The summed E-state index contributed by atoms with van der Waals surface area (Å²) in [4.78, 5) is 18.6. The van der Waals surface area contributed by atoms with E-state index in [-0.39, 0.29) is 12.6 Å². The van der Waals surface area contributed by atoms with E-state index < -0.39 is 0 Å². The zero-order valence-electron chi connectivity index (χ0n) is 14.8. The number of nitrogens with zero attached hydrogens (tertiary/aromatic N) is 2. The zero-order valence-corrected chi connectivity index (χ0v) is 14.8. The number of rotatable bonds is 8. The average molecular weight is 342 g/mol. The van der Waals surface area contributed by atoms with Crippen molar-refractivity contribution in [2.24, 2.45) is 0 Å². The van der Waals surface area contributed by atoms with Gasteiger partial charge in [-0.05, 0) is 36.6 Å². The Labute approximate surface area is 148 Å². The fourth-order valence-corrected chi connectivity index (χ4v) is 2.56. The molecule has 0 atom stereocenters. The lowest BCUT2D eigenvalue weighted by Gasteiger charge is -2.19. The SMILES string of the molecule is CCN(CC)c1ccc(CNC(=O)NCc2ccccc2CO)cn1. The number of pyridine rings is 1. The van der Waals surface area contributed by atoms with E-state index in [9.17, 15) is 9.90 Å². The predicted molar refractivity (Wildman–Crippen MR) is 99.2 cm³/mol. The molecule has 1 heterocycles. The standard InChI is InChI=1S/C19H26N4O2/c1-3-23(4-2)18-10-9-15(11-20-18)12-21-19(25)22-13-16-7-5-6-8-17(16)14-24/h5-11,24H,3-4,12-14H2,1-2H3,(H2,21,22,25). The number of urea groups is 1. The van der Waals surface area contributed by atoms with Gasteiger partial charge in [-0.25, -0.2) is 9.78 Å². The largest absolute Gasteiger partial charge is 0.392 e. The molecule has 0 fully saturated rings.